The molecule has 6 heteroatoms. The third-order valence-electron chi connectivity index (χ3n) is 3.69. The zero-order valence-corrected chi connectivity index (χ0v) is 14.1. The first-order valence-electron chi connectivity index (χ1n) is 8.10. The number of pyridine rings is 1. The Morgan fingerprint density at radius 1 is 1.48 bits per heavy atom. The van der Waals surface area contributed by atoms with Crippen molar-refractivity contribution in [2.45, 2.75) is 45.6 Å². The van der Waals surface area contributed by atoms with E-state index in [-0.39, 0.29) is 17.7 Å². The highest BCUT2D eigenvalue weighted by atomic mass is 16.6. The second kappa shape index (κ2) is 7.53. The van der Waals surface area contributed by atoms with Crippen LogP contribution in [0.3, 0.4) is 0 Å². The fourth-order valence-electron chi connectivity index (χ4n) is 2.61. The first-order chi connectivity index (χ1) is 10.8. The molecule has 23 heavy (non-hydrogen) atoms. The molecule has 128 valence electrons. The zero-order valence-electron chi connectivity index (χ0n) is 14.1. The number of carbonyl (C=O) groups excluding carboxylic acids is 1. The topological polar surface area (TPSA) is 71.9 Å². The lowest BCUT2D eigenvalue weighted by Crippen LogP contribution is -2.43. The highest BCUT2D eigenvalue weighted by Crippen LogP contribution is 2.24. The summed E-state index contributed by atoms with van der Waals surface area (Å²) in [5, 5.41) is 9.61. The van der Waals surface area contributed by atoms with E-state index in [1.165, 1.54) is 0 Å². The molecule has 1 aliphatic rings. The van der Waals surface area contributed by atoms with Crippen molar-refractivity contribution in [2.75, 3.05) is 19.7 Å². The summed E-state index contributed by atoms with van der Waals surface area (Å²) in [4.78, 5) is 17.9. The monoisotopic (exact) mass is 322 g/mol. The van der Waals surface area contributed by atoms with E-state index in [0.29, 0.717) is 19.1 Å². The highest BCUT2D eigenvalue weighted by molar-refractivity contribution is 5.68. The van der Waals surface area contributed by atoms with Crippen LogP contribution in [-0.4, -0.2) is 46.4 Å². The normalized spacial score (nSPS) is 18.6. The third kappa shape index (κ3) is 5.62. The van der Waals surface area contributed by atoms with Crippen LogP contribution in [0.15, 0.2) is 18.3 Å². The van der Waals surface area contributed by atoms with Crippen LogP contribution < -0.4 is 4.74 Å². The second-order valence-corrected chi connectivity index (χ2v) is 6.90. The molecule has 6 nitrogen and oxygen atoms in total. The Morgan fingerprint density at radius 3 is 2.96 bits per heavy atom. The van der Waals surface area contributed by atoms with Gasteiger partial charge >= 0.3 is 6.09 Å². The molecule has 0 aliphatic carbocycles. The molecule has 0 radical (unpaired) electrons. The Morgan fingerprint density at radius 2 is 2.26 bits per heavy atom. The van der Waals surface area contributed by atoms with Gasteiger partial charge in [-0.2, -0.15) is 0 Å². The van der Waals surface area contributed by atoms with Gasteiger partial charge < -0.3 is 19.5 Å². The molecule has 2 heterocycles. The predicted molar refractivity (Wildman–Crippen MR) is 86.5 cm³/mol. The van der Waals surface area contributed by atoms with Crippen LogP contribution in [0.25, 0.3) is 0 Å². The van der Waals surface area contributed by atoms with Gasteiger partial charge in [0.1, 0.15) is 5.60 Å². The number of aromatic hydroxyl groups is 1. The molecule has 0 spiro atoms. The SMILES string of the molecule is CC(C)(C)OC(=O)N1CCC[C@H](CCOc2ncccc2O)C1. The van der Waals surface area contributed by atoms with E-state index < -0.39 is 5.60 Å². The van der Waals surface area contributed by atoms with Gasteiger partial charge in [0.2, 0.25) is 0 Å². The lowest BCUT2D eigenvalue weighted by Gasteiger charge is -2.34. The molecule has 1 atom stereocenters. The number of rotatable bonds is 4. The average Bonchev–Trinajstić information content (AvgIpc) is 2.48. The minimum absolute atomic E-state index is 0.0477. The number of hydrogen-bond donors (Lipinski definition) is 1. The fraction of sp³-hybridized carbons (Fsp3) is 0.647. The Balaban J connectivity index is 1.78. The smallest absolute Gasteiger partial charge is 0.410 e. The molecule has 1 amide bonds. The van der Waals surface area contributed by atoms with Crippen molar-refractivity contribution in [3.8, 4) is 11.6 Å². The van der Waals surface area contributed by atoms with Gasteiger partial charge in [0.15, 0.2) is 5.75 Å². The van der Waals surface area contributed by atoms with Crippen molar-refractivity contribution in [2.24, 2.45) is 5.92 Å². The number of carbonyl (C=O) groups is 1. The van der Waals surface area contributed by atoms with Gasteiger partial charge in [-0.05, 0) is 58.1 Å². The van der Waals surface area contributed by atoms with E-state index in [9.17, 15) is 9.90 Å². The lowest BCUT2D eigenvalue weighted by atomic mass is 9.95. The van der Waals surface area contributed by atoms with Crippen molar-refractivity contribution >= 4 is 6.09 Å². The van der Waals surface area contributed by atoms with E-state index in [1.807, 2.05) is 20.8 Å². The standard InChI is InChI=1S/C17H26N2O4/c1-17(2,3)23-16(21)19-10-5-6-13(12-19)8-11-22-15-14(20)7-4-9-18-15/h4,7,9,13,20H,5-6,8,10-12H2,1-3H3/t13-/m1/s1. The largest absolute Gasteiger partial charge is 0.503 e. The molecule has 1 N–H and O–H groups in total. The Labute approximate surface area is 137 Å². The van der Waals surface area contributed by atoms with Gasteiger partial charge in [-0.15, -0.1) is 0 Å². The summed E-state index contributed by atoms with van der Waals surface area (Å²) < 4.78 is 10.9. The quantitative estimate of drug-likeness (QED) is 0.921. The lowest BCUT2D eigenvalue weighted by molar-refractivity contribution is 0.0154. The number of likely N-dealkylation sites (tertiary alicyclic amines) is 1. The van der Waals surface area contributed by atoms with E-state index in [2.05, 4.69) is 4.98 Å². The molecular weight excluding hydrogens is 296 g/mol. The molecule has 1 aromatic rings. The van der Waals surface area contributed by atoms with Gasteiger partial charge in [-0.1, -0.05) is 0 Å². The molecule has 2 rings (SSSR count). The first-order valence-corrected chi connectivity index (χ1v) is 8.10. The molecule has 1 fully saturated rings. The highest BCUT2D eigenvalue weighted by Gasteiger charge is 2.27. The van der Waals surface area contributed by atoms with E-state index in [0.717, 1.165) is 25.8 Å². The molecule has 1 aromatic heterocycles. The number of hydrogen-bond acceptors (Lipinski definition) is 5. The molecule has 1 aliphatic heterocycles. The minimum Gasteiger partial charge on any atom is -0.503 e. The molecular formula is C17H26N2O4. The van der Waals surface area contributed by atoms with Gasteiger partial charge in [0.25, 0.3) is 5.88 Å². The van der Waals surface area contributed by atoms with Crippen molar-refractivity contribution in [3.63, 3.8) is 0 Å². The summed E-state index contributed by atoms with van der Waals surface area (Å²) in [6.45, 7) is 7.52. The van der Waals surface area contributed by atoms with Crippen molar-refractivity contribution in [3.05, 3.63) is 18.3 Å². The summed E-state index contributed by atoms with van der Waals surface area (Å²) in [6, 6.07) is 3.20. The fourth-order valence-corrected chi connectivity index (χ4v) is 2.61. The minimum atomic E-state index is -0.469. The summed E-state index contributed by atoms with van der Waals surface area (Å²) in [5.41, 5.74) is -0.469. The molecule has 0 bridgehead atoms. The maximum Gasteiger partial charge on any atom is 0.410 e. The number of piperidine rings is 1. The van der Waals surface area contributed by atoms with Gasteiger partial charge in [-0.3, -0.25) is 0 Å². The van der Waals surface area contributed by atoms with Crippen molar-refractivity contribution in [1.82, 2.24) is 9.88 Å². The van der Waals surface area contributed by atoms with E-state index in [4.69, 9.17) is 9.47 Å². The molecule has 1 saturated heterocycles. The number of nitrogens with zero attached hydrogens (tertiary/aromatic N) is 2. The van der Waals surface area contributed by atoms with Crippen LogP contribution in [0.4, 0.5) is 4.79 Å². The molecule has 0 aromatic carbocycles. The molecule has 0 saturated carbocycles. The number of aromatic nitrogens is 1. The van der Waals surface area contributed by atoms with Crippen molar-refractivity contribution < 1.29 is 19.4 Å². The Bertz CT molecular complexity index is 528. The summed E-state index contributed by atoms with van der Waals surface area (Å²) in [7, 11) is 0. The van der Waals surface area contributed by atoms with E-state index in [1.54, 1.807) is 23.2 Å². The molecule has 0 unspecified atom stereocenters. The zero-order chi connectivity index (χ0) is 16.9. The van der Waals surface area contributed by atoms with Crippen LogP contribution in [0, 0.1) is 5.92 Å². The predicted octanol–water partition coefficient (Wildman–Crippen LogP) is 3.20. The summed E-state index contributed by atoms with van der Waals surface area (Å²) >= 11 is 0. The van der Waals surface area contributed by atoms with Gasteiger partial charge in [0.05, 0.1) is 6.61 Å². The number of amides is 1. The Hall–Kier alpha value is -1.98. The van der Waals surface area contributed by atoms with Crippen LogP contribution in [-0.2, 0) is 4.74 Å². The summed E-state index contributed by atoms with van der Waals surface area (Å²) in [6.07, 6.45) is 4.19. The van der Waals surface area contributed by atoms with Crippen LogP contribution >= 0.6 is 0 Å². The van der Waals surface area contributed by atoms with Crippen LogP contribution in [0.2, 0.25) is 0 Å². The van der Waals surface area contributed by atoms with Gasteiger partial charge in [-0.25, -0.2) is 9.78 Å². The maximum atomic E-state index is 12.1. The summed E-state index contributed by atoms with van der Waals surface area (Å²) in [5.74, 6) is 0.681. The van der Waals surface area contributed by atoms with Gasteiger partial charge in [0, 0.05) is 19.3 Å². The number of ether oxygens (including phenoxy) is 2. The average molecular weight is 322 g/mol. The first kappa shape index (κ1) is 17.4. The third-order valence-corrected chi connectivity index (χ3v) is 3.69. The maximum absolute atomic E-state index is 12.1. The van der Waals surface area contributed by atoms with Crippen LogP contribution in [0.5, 0.6) is 11.6 Å². The van der Waals surface area contributed by atoms with E-state index >= 15 is 0 Å². The second-order valence-electron chi connectivity index (χ2n) is 6.90. The Kier molecular flexibility index (Phi) is 5.69. The van der Waals surface area contributed by atoms with Crippen LogP contribution in [0.1, 0.15) is 40.0 Å². The van der Waals surface area contributed by atoms with Crippen molar-refractivity contribution in [1.29, 1.82) is 0 Å².